The molecular weight excluding hydrogens is 230 g/mol. The number of rotatable bonds is 7. The Kier molecular flexibility index (Phi) is 6.36. The van der Waals surface area contributed by atoms with Crippen molar-refractivity contribution in [3.63, 3.8) is 0 Å². The van der Waals surface area contributed by atoms with Gasteiger partial charge in [-0.05, 0) is 43.4 Å². The molecule has 1 atom stereocenters. The first-order valence-corrected chi connectivity index (χ1v) is 8.50. The molecule has 0 aromatic heterocycles. The number of nitrogens with one attached hydrogen (secondary N) is 1. The Balaban J connectivity index is 2.34. The first-order chi connectivity index (χ1) is 8.74. The van der Waals surface area contributed by atoms with Crippen LogP contribution in [0.2, 0.25) is 0 Å². The minimum atomic E-state index is 0.501. The Morgan fingerprint density at radius 3 is 2.11 bits per heavy atom. The molecule has 0 saturated heterocycles. The predicted octanol–water partition coefficient (Wildman–Crippen LogP) is 5.54. The van der Waals surface area contributed by atoms with E-state index in [0.717, 1.165) is 6.04 Å². The molecule has 0 aromatic rings. The molecule has 0 heterocycles. The highest BCUT2D eigenvalue weighted by Crippen LogP contribution is 2.45. The number of hydrogen-bond donors (Lipinski definition) is 1. The molecule has 0 radical (unpaired) electrons. The summed E-state index contributed by atoms with van der Waals surface area (Å²) in [6, 6.07) is 1.41. The third-order valence-corrected chi connectivity index (χ3v) is 4.57. The number of hydrogen-bond acceptors (Lipinski definition) is 1. The summed E-state index contributed by atoms with van der Waals surface area (Å²) >= 11 is 0. The summed E-state index contributed by atoms with van der Waals surface area (Å²) in [6.45, 7) is 14.4. The average molecular weight is 268 g/mol. The van der Waals surface area contributed by atoms with Crippen molar-refractivity contribution in [2.45, 2.75) is 105 Å². The SMILES string of the molecule is CCCCCCC(C)NC1CC(C)(C)CC(C)(C)C1. The maximum absolute atomic E-state index is 3.91. The van der Waals surface area contributed by atoms with E-state index in [1.165, 1.54) is 51.4 Å². The third kappa shape index (κ3) is 6.79. The van der Waals surface area contributed by atoms with Gasteiger partial charge in [0.25, 0.3) is 0 Å². The average Bonchev–Trinajstić information content (AvgIpc) is 2.19. The van der Waals surface area contributed by atoms with E-state index < -0.39 is 0 Å². The fourth-order valence-corrected chi connectivity index (χ4v) is 4.33. The van der Waals surface area contributed by atoms with Crippen LogP contribution in [0.4, 0.5) is 0 Å². The van der Waals surface area contributed by atoms with Crippen LogP contribution in [-0.4, -0.2) is 12.1 Å². The van der Waals surface area contributed by atoms with Crippen LogP contribution in [0, 0.1) is 10.8 Å². The van der Waals surface area contributed by atoms with Crippen LogP contribution >= 0.6 is 0 Å². The molecule has 1 N–H and O–H groups in total. The van der Waals surface area contributed by atoms with Crippen molar-refractivity contribution >= 4 is 0 Å². The van der Waals surface area contributed by atoms with Crippen molar-refractivity contribution in [3.05, 3.63) is 0 Å². The van der Waals surface area contributed by atoms with E-state index in [-0.39, 0.29) is 0 Å². The summed E-state index contributed by atoms with van der Waals surface area (Å²) in [5, 5.41) is 3.91. The topological polar surface area (TPSA) is 12.0 Å². The van der Waals surface area contributed by atoms with Crippen molar-refractivity contribution in [1.29, 1.82) is 0 Å². The molecule has 0 bridgehead atoms. The molecular formula is C18H37N. The van der Waals surface area contributed by atoms with Gasteiger partial charge in [-0.15, -0.1) is 0 Å². The fourth-order valence-electron chi connectivity index (χ4n) is 4.33. The summed E-state index contributed by atoms with van der Waals surface area (Å²) in [5.41, 5.74) is 1.00. The van der Waals surface area contributed by atoms with E-state index >= 15 is 0 Å². The second-order valence-electron chi connectivity index (χ2n) is 8.53. The van der Waals surface area contributed by atoms with Gasteiger partial charge in [0, 0.05) is 12.1 Å². The molecule has 1 rings (SSSR count). The smallest absolute Gasteiger partial charge is 0.00797 e. The van der Waals surface area contributed by atoms with E-state index in [4.69, 9.17) is 0 Å². The molecule has 0 aromatic carbocycles. The lowest BCUT2D eigenvalue weighted by atomic mass is 9.63. The van der Waals surface area contributed by atoms with Gasteiger partial charge in [-0.3, -0.25) is 0 Å². The Morgan fingerprint density at radius 2 is 1.58 bits per heavy atom. The van der Waals surface area contributed by atoms with Crippen LogP contribution < -0.4 is 5.32 Å². The molecule has 0 spiro atoms. The standard InChI is InChI=1S/C18H37N/c1-7-8-9-10-11-15(2)19-16-12-17(3,4)14-18(5,6)13-16/h15-16,19H,7-14H2,1-6H3. The lowest BCUT2D eigenvalue weighted by Crippen LogP contribution is -2.46. The summed E-state index contributed by atoms with van der Waals surface area (Å²) in [4.78, 5) is 0. The van der Waals surface area contributed by atoms with Gasteiger partial charge in [0.1, 0.15) is 0 Å². The van der Waals surface area contributed by atoms with Gasteiger partial charge in [-0.25, -0.2) is 0 Å². The molecule has 1 saturated carbocycles. The van der Waals surface area contributed by atoms with Gasteiger partial charge in [0.15, 0.2) is 0 Å². The largest absolute Gasteiger partial charge is 0.311 e. The van der Waals surface area contributed by atoms with Crippen molar-refractivity contribution in [2.75, 3.05) is 0 Å². The summed E-state index contributed by atoms with van der Waals surface area (Å²) < 4.78 is 0. The maximum Gasteiger partial charge on any atom is 0.00797 e. The monoisotopic (exact) mass is 267 g/mol. The second-order valence-corrected chi connectivity index (χ2v) is 8.53. The highest BCUT2D eigenvalue weighted by molar-refractivity contribution is 4.92. The molecule has 1 nitrogen and oxygen atoms in total. The zero-order valence-electron chi connectivity index (χ0n) is 14.3. The van der Waals surface area contributed by atoms with Crippen LogP contribution in [0.5, 0.6) is 0 Å². The minimum absolute atomic E-state index is 0.501. The molecule has 1 aliphatic carbocycles. The lowest BCUT2D eigenvalue weighted by molar-refractivity contribution is 0.0805. The molecule has 0 aliphatic heterocycles. The highest BCUT2D eigenvalue weighted by atomic mass is 14.9. The van der Waals surface area contributed by atoms with Gasteiger partial charge in [-0.2, -0.15) is 0 Å². The zero-order valence-corrected chi connectivity index (χ0v) is 14.3. The number of unbranched alkanes of at least 4 members (excludes halogenated alkanes) is 3. The summed E-state index contributed by atoms with van der Waals surface area (Å²) in [7, 11) is 0. The van der Waals surface area contributed by atoms with E-state index in [1.54, 1.807) is 0 Å². The Morgan fingerprint density at radius 1 is 1.00 bits per heavy atom. The quantitative estimate of drug-likeness (QED) is 0.597. The first kappa shape index (κ1) is 17.0. The Labute approximate surface area is 121 Å². The van der Waals surface area contributed by atoms with Gasteiger partial charge in [0.2, 0.25) is 0 Å². The molecule has 19 heavy (non-hydrogen) atoms. The van der Waals surface area contributed by atoms with Gasteiger partial charge < -0.3 is 5.32 Å². The van der Waals surface area contributed by atoms with Crippen LogP contribution in [0.3, 0.4) is 0 Å². The van der Waals surface area contributed by atoms with E-state index in [0.29, 0.717) is 16.9 Å². The fraction of sp³-hybridized carbons (Fsp3) is 1.00. The minimum Gasteiger partial charge on any atom is -0.311 e. The van der Waals surface area contributed by atoms with Crippen LogP contribution in [0.15, 0.2) is 0 Å². The normalized spacial score (nSPS) is 24.3. The highest BCUT2D eigenvalue weighted by Gasteiger charge is 2.38. The summed E-state index contributed by atoms with van der Waals surface area (Å²) in [6.07, 6.45) is 10.9. The molecule has 114 valence electrons. The maximum atomic E-state index is 3.91. The van der Waals surface area contributed by atoms with Crippen LogP contribution in [0.1, 0.15) is 92.9 Å². The van der Waals surface area contributed by atoms with E-state index in [1.807, 2.05) is 0 Å². The van der Waals surface area contributed by atoms with Crippen molar-refractivity contribution < 1.29 is 0 Å². The Bertz CT molecular complexity index is 238. The predicted molar refractivity (Wildman–Crippen MR) is 86.6 cm³/mol. The summed E-state index contributed by atoms with van der Waals surface area (Å²) in [5.74, 6) is 0. The lowest BCUT2D eigenvalue weighted by Gasteiger charge is -2.46. The van der Waals surface area contributed by atoms with E-state index in [2.05, 4.69) is 46.9 Å². The zero-order chi connectivity index (χ0) is 14.5. The molecule has 0 amide bonds. The van der Waals surface area contributed by atoms with Crippen LogP contribution in [0.25, 0.3) is 0 Å². The van der Waals surface area contributed by atoms with Gasteiger partial charge >= 0.3 is 0 Å². The van der Waals surface area contributed by atoms with Crippen molar-refractivity contribution in [2.24, 2.45) is 10.8 Å². The van der Waals surface area contributed by atoms with Crippen molar-refractivity contribution in [3.8, 4) is 0 Å². The third-order valence-electron chi connectivity index (χ3n) is 4.57. The molecule has 1 unspecified atom stereocenters. The van der Waals surface area contributed by atoms with Crippen molar-refractivity contribution in [1.82, 2.24) is 5.32 Å². The molecule has 1 fully saturated rings. The van der Waals surface area contributed by atoms with E-state index in [9.17, 15) is 0 Å². The van der Waals surface area contributed by atoms with Crippen LogP contribution in [-0.2, 0) is 0 Å². The van der Waals surface area contributed by atoms with Gasteiger partial charge in [0.05, 0.1) is 0 Å². The second kappa shape index (κ2) is 7.11. The first-order valence-electron chi connectivity index (χ1n) is 8.50. The molecule has 1 heteroatoms. The van der Waals surface area contributed by atoms with Gasteiger partial charge in [-0.1, -0.05) is 60.3 Å². The molecule has 1 aliphatic rings. The Hall–Kier alpha value is -0.0400.